The summed E-state index contributed by atoms with van der Waals surface area (Å²) < 4.78 is 80.1. The smallest absolute Gasteiger partial charge is 0.325 e. The first-order valence-electron chi connectivity index (χ1n) is 42.9. The van der Waals surface area contributed by atoms with E-state index in [0.29, 0.717) is 87.8 Å². The van der Waals surface area contributed by atoms with Crippen LogP contribution in [0, 0.1) is 22.9 Å². The van der Waals surface area contributed by atoms with Crippen molar-refractivity contribution in [3.63, 3.8) is 0 Å². The number of halogens is 3. The van der Waals surface area contributed by atoms with Crippen LogP contribution < -0.4 is 16.0 Å². The molecule has 24 heteroatoms. The number of anilines is 3. The number of carboxylic acids is 3. The molecule has 1 unspecified atom stereocenters. The Balaban J connectivity index is 0.000000142. The molecule has 6 aromatic rings. The van der Waals surface area contributed by atoms with Crippen molar-refractivity contribution in [1.29, 1.82) is 0 Å². The van der Waals surface area contributed by atoms with Crippen LogP contribution in [0.2, 0.25) is 0 Å². The molecule has 622 valence electrons. The first-order valence-corrected chi connectivity index (χ1v) is 42.9. The number of benzene rings is 3. The first-order chi connectivity index (χ1) is 55.6. The van der Waals surface area contributed by atoms with Gasteiger partial charge in [-0.05, 0) is 305 Å². The number of aliphatic carboxylic acids is 3. The van der Waals surface area contributed by atoms with Crippen molar-refractivity contribution in [2.75, 3.05) is 101 Å². The molecular weight excluding hydrogens is 1470 g/mol. The molecule has 3 aromatic carbocycles. The van der Waals surface area contributed by atoms with E-state index in [1.54, 1.807) is 18.2 Å². The van der Waals surface area contributed by atoms with E-state index >= 15 is 0 Å². The summed E-state index contributed by atoms with van der Waals surface area (Å²) in [7, 11) is 0. The van der Waals surface area contributed by atoms with Gasteiger partial charge in [-0.3, -0.25) is 29.1 Å². The van der Waals surface area contributed by atoms with Crippen LogP contribution in [0.3, 0.4) is 0 Å². The van der Waals surface area contributed by atoms with Gasteiger partial charge in [0.1, 0.15) is 53.0 Å². The highest BCUT2D eigenvalue weighted by Gasteiger charge is 2.48. The number of nitrogens with zero attached hydrogens (tertiary/aromatic N) is 6. The Hall–Kier alpha value is -7.65. The van der Waals surface area contributed by atoms with Crippen molar-refractivity contribution in [2.24, 2.45) is 5.41 Å². The fourth-order valence-electron chi connectivity index (χ4n) is 18.6. The molecule has 0 amide bonds. The van der Waals surface area contributed by atoms with Crippen molar-refractivity contribution in [2.45, 2.75) is 261 Å². The molecule has 0 radical (unpaired) electrons. The minimum atomic E-state index is -0.971. The van der Waals surface area contributed by atoms with Gasteiger partial charge in [-0.2, -0.15) is 0 Å². The third-order valence-electron chi connectivity index (χ3n) is 25.2. The molecule has 3 aromatic heterocycles. The lowest BCUT2D eigenvalue weighted by atomic mass is 9.88. The fourth-order valence-corrected chi connectivity index (χ4v) is 18.6. The second-order valence-corrected chi connectivity index (χ2v) is 34.9. The molecule has 9 atom stereocenters. The number of fused-ring (bicyclic) bond motifs is 3. The number of unbranched alkanes of at least 4 members (excludes halogenated alkanes) is 3. The summed E-state index contributed by atoms with van der Waals surface area (Å²) in [6, 6.07) is 23.7. The predicted octanol–water partition coefficient (Wildman–Crippen LogP) is 16.3. The van der Waals surface area contributed by atoms with Gasteiger partial charge in [0.15, 0.2) is 0 Å². The van der Waals surface area contributed by atoms with E-state index in [4.69, 9.17) is 43.4 Å². The van der Waals surface area contributed by atoms with Crippen LogP contribution in [0.4, 0.5) is 30.6 Å². The van der Waals surface area contributed by atoms with Gasteiger partial charge in [0.2, 0.25) is 0 Å². The molecule has 7 fully saturated rings. The normalized spacial score (nSPS) is 24.0. The lowest BCUT2D eigenvalue weighted by molar-refractivity contribution is -0.144. The van der Waals surface area contributed by atoms with E-state index in [1.165, 1.54) is 65.9 Å². The van der Waals surface area contributed by atoms with Crippen LogP contribution in [-0.4, -0.2) is 178 Å². The molecule has 21 nitrogen and oxygen atoms in total. The number of aryl methyl sites for hydroxylation is 6. The Bertz CT molecular complexity index is 4130. The third kappa shape index (κ3) is 22.0. The molecule has 1 spiro atoms. The number of carbonyl (C=O) groups is 3. The van der Waals surface area contributed by atoms with Crippen LogP contribution in [0.5, 0.6) is 0 Å². The minimum absolute atomic E-state index is 0.0180. The van der Waals surface area contributed by atoms with E-state index < -0.39 is 53.5 Å². The van der Waals surface area contributed by atoms with E-state index in [0.717, 1.165) is 225 Å². The van der Waals surface area contributed by atoms with Crippen LogP contribution in [0.15, 0.2) is 91.0 Å². The average molecular weight is 1590 g/mol. The SMILES string of the molecule is CC1(C)CCC(c2ccc(F)cc2[C@@H](C(=O)O)N2CC[C@@H](OCCCCc3ccc4c(n3)NCCC4)C2)O1.CC1(C)CC[C@H](c2ccc(F)cc2[C@H](C(=O)O)N2CC[C@@H](OCCCCc3ccc4c(n3)NCCC4)C2)O1.O=C(O)[C@H](c1cc(F)ccc1[C@@H]1CCC2(CC2)CO1)N1CC[C@@H](OCCCCc2ccc3c(n2)NCCC3)C1. The lowest BCUT2D eigenvalue weighted by Crippen LogP contribution is -2.35. The van der Waals surface area contributed by atoms with Crippen molar-refractivity contribution < 1.29 is 71.3 Å². The molecule has 9 aliphatic heterocycles. The molecule has 12 heterocycles. The van der Waals surface area contributed by atoms with Crippen molar-refractivity contribution in [1.82, 2.24) is 29.7 Å². The number of hydrogen-bond acceptors (Lipinski definition) is 18. The second-order valence-electron chi connectivity index (χ2n) is 34.9. The monoisotopic (exact) mass is 1590 g/mol. The first kappa shape index (κ1) is 83.8. The van der Waals surface area contributed by atoms with Gasteiger partial charge >= 0.3 is 17.9 Å². The average Bonchev–Trinajstić information content (AvgIpc) is 1.42. The topological polar surface area (TPSA) is 252 Å². The summed E-state index contributed by atoms with van der Waals surface area (Å²) in [4.78, 5) is 57.5. The molecule has 6 saturated heterocycles. The number of likely N-dealkylation sites (tertiary alicyclic amines) is 3. The molecule has 1 saturated carbocycles. The van der Waals surface area contributed by atoms with E-state index in [9.17, 15) is 42.9 Å². The zero-order valence-electron chi connectivity index (χ0n) is 67.8. The van der Waals surface area contributed by atoms with Crippen LogP contribution in [0.25, 0.3) is 0 Å². The number of nitrogens with one attached hydrogen (secondary N) is 3. The van der Waals surface area contributed by atoms with Gasteiger partial charge < -0.3 is 59.7 Å². The van der Waals surface area contributed by atoms with Gasteiger partial charge in [0, 0.05) is 95.8 Å². The highest BCUT2D eigenvalue weighted by molar-refractivity contribution is 5.78. The van der Waals surface area contributed by atoms with Gasteiger partial charge in [-0.15, -0.1) is 0 Å². The number of carboxylic acid groups (broad SMARTS) is 3. The predicted molar refractivity (Wildman–Crippen MR) is 434 cm³/mol. The summed E-state index contributed by atoms with van der Waals surface area (Å²) in [5.41, 5.74) is 10.9. The quantitative estimate of drug-likeness (QED) is 0.0229. The highest BCUT2D eigenvalue weighted by atomic mass is 19.1. The number of aromatic nitrogens is 3. The number of hydrogen-bond donors (Lipinski definition) is 6. The Morgan fingerprint density at radius 3 is 1.10 bits per heavy atom. The van der Waals surface area contributed by atoms with Gasteiger partial charge in [0.05, 0.1) is 54.4 Å². The van der Waals surface area contributed by atoms with Crippen molar-refractivity contribution in [3.8, 4) is 0 Å². The third-order valence-corrected chi connectivity index (χ3v) is 25.2. The Morgan fingerprint density at radius 1 is 0.452 bits per heavy atom. The number of pyridine rings is 3. The van der Waals surface area contributed by atoms with Gasteiger partial charge in [0.25, 0.3) is 0 Å². The fraction of sp³-hybridized carbons (Fsp3) is 0.604. The zero-order valence-corrected chi connectivity index (χ0v) is 67.8. The van der Waals surface area contributed by atoms with Gasteiger partial charge in [-0.1, -0.05) is 36.4 Å². The Labute approximate surface area is 675 Å². The minimum Gasteiger partial charge on any atom is -0.480 e. The van der Waals surface area contributed by atoms with Crippen LogP contribution >= 0.6 is 0 Å². The molecule has 1 aliphatic carbocycles. The highest BCUT2D eigenvalue weighted by Crippen LogP contribution is 2.55. The molecular formula is C91H120F3N9O12. The summed E-state index contributed by atoms with van der Waals surface area (Å²) in [5.74, 6) is -1.05. The Kier molecular flexibility index (Phi) is 28.0. The van der Waals surface area contributed by atoms with Crippen LogP contribution in [-0.2, 0) is 81.3 Å². The number of rotatable bonds is 30. The van der Waals surface area contributed by atoms with E-state index in [2.05, 4.69) is 52.3 Å². The summed E-state index contributed by atoms with van der Waals surface area (Å²) >= 11 is 0. The Morgan fingerprint density at radius 2 is 0.791 bits per heavy atom. The van der Waals surface area contributed by atoms with E-state index in [1.807, 2.05) is 42.4 Å². The maximum Gasteiger partial charge on any atom is 0.325 e. The molecule has 10 aliphatic rings. The standard InChI is InChI=1S/C31H40FN3O4.2C30H40FN3O4/c32-22-7-9-25(27-10-12-31(13-14-31)20-39-27)26(18-22)28(30(36)37)35-16-11-24(19-35)38-17-2-1-5-23-8-6-21-4-3-15-33-29(21)34-23;2*1-30(2)14-12-26(38-30)24-11-9-21(31)18-25(24)27(29(35)36)34-16-13-23(19-34)37-17-4-3-7-22-10-8-20-6-5-15-32-28(20)33-22/h6-9,18,24,27-28H,1-5,10-17,19-20H2,(H,33,34)(H,36,37);2*8-11,18,23,26-27H,3-7,12-17,19H2,1-2H3,(H,32,33)(H,35,36)/t24-,27+,28+;23-,26?,27+;23-,26-,27-/m111/s1. The second kappa shape index (κ2) is 38.4. The van der Waals surface area contributed by atoms with Crippen molar-refractivity contribution >= 4 is 35.4 Å². The van der Waals surface area contributed by atoms with Crippen LogP contribution in [0.1, 0.15) is 260 Å². The van der Waals surface area contributed by atoms with Crippen molar-refractivity contribution in [3.05, 3.63) is 176 Å². The molecule has 6 N–H and O–H groups in total. The zero-order chi connectivity index (χ0) is 80.2. The summed E-state index contributed by atoms with van der Waals surface area (Å²) in [6.45, 7) is 17.1. The maximum absolute atomic E-state index is 14.4. The lowest BCUT2D eigenvalue weighted by Gasteiger charge is -2.33. The molecule has 0 bridgehead atoms. The largest absolute Gasteiger partial charge is 0.480 e. The maximum atomic E-state index is 14.4. The summed E-state index contributed by atoms with van der Waals surface area (Å²) in [6.07, 6.45) is 24.6. The van der Waals surface area contributed by atoms with Gasteiger partial charge in [-0.25, -0.2) is 28.1 Å². The number of ether oxygens (including phenoxy) is 6. The molecule has 115 heavy (non-hydrogen) atoms. The summed E-state index contributed by atoms with van der Waals surface area (Å²) in [5, 5.41) is 40.8. The molecule has 16 rings (SSSR count). The van der Waals surface area contributed by atoms with E-state index in [-0.39, 0.29) is 47.8 Å².